The van der Waals surface area contributed by atoms with Crippen molar-refractivity contribution in [3.63, 3.8) is 0 Å². The number of rotatable bonds is 0. The van der Waals surface area contributed by atoms with E-state index in [1.54, 1.807) is 12.1 Å². The number of hydrogen-bond donors (Lipinski definition) is 0. The molecule has 1 aliphatic heterocycles. The summed E-state index contributed by atoms with van der Waals surface area (Å²) in [5, 5.41) is 9.62. The molecular weight excluding hydrogens is 334 g/mol. The van der Waals surface area contributed by atoms with Crippen molar-refractivity contribution >= 4 is 10.9 Å². The summed E-state index contributed by atoms with van der Waals surface area (Å²) in [6, 6.07) is 14.9. The molecule has 0 aliphatic carbocycles. The lowest BCUT2D eigenvalue weighted by Crippen LogP contribution is -2.36. The predicted molar refractivity (Wildman–Crippen MR) is 105 cm³/mol. The summed E-state index contributed by atoms with van der Waals surface area (Å²) in [7, 11) is 0. The molecule has 0 unspecified atom stereocenters. The van der Waals surface area contributed by atoms with Crippen LogP contribution >= 0.6 is 0 Å². The summed E-state index contributed by atoms with van der Waals surface area (Å²) in [5.41, 5.74) is 3.03. The molecular formula is C23H19N3O. The minimum atomic E-state index is 0.0315. The molecule has 0 saturated heterocycles. The van der Waals surface area contributed by atoms with Gasteiger partial charge in [-0.05, 0) is 48.2 Å². The van der Waals surface area contributed by atoms with Crippen molar-refractivity contribution in [1.82, 2.24) is 9.55 Å². The van der Waals surface area contributed by atoms with E-state index in [2.05, 4.69) is 31.8 Å². The lowest BCUT2D eigenvalue weighted by Gasteiger charge is -2.31. The minimum absolute atomic E-state index is 0.0315. The summed E-state index contributed by atoms with van der Waals surface area (Å²) in [4.78, 5) is 17.6. The van der Waals surface area contributed by atoms with E-state index in [4.69, 9.17) is 10.2 Å². The molecule has 0 saturated carbocycles. The van der Waals surface area contributed by atoms with Gasteiger partial charge in [-0.3, -0.25) is 9.36 Å². The lowest BCUT2D eigenvalue weighted by molar-refractivity contribution is 0.240. The molecule has 0 N–H and O–H groups in total. The smallest absolute Gasteiger partial charge is 0.261 e. The number of aryl methyl sites for hydroxylation is 1. The zero-order valence-electron chi connectivity index (χ0n) is 15.4. The van der Waals surface area contributed by atoms with Gasteiger partial charge in [0.2, 0.25) is 0 Å². The molecule has 1 aliphatic rings. The largest absolute Gasteiger partial charge is 0.296 e. The number of fused-ring (bicyclic) bond motifs is 2. The Hall–Kier alpha value is -3.37. The fourth-order valence-corrected chi connectivity index (χ4v) is 3.47. The average molecular weight is 353 g/mol. The minimum Gasteiger partial charge on any atom is -0.296 e. The van der Waals surface area contributed by atoms with Crippen molar-refractivity contribution in [2.75, 3.05) is 0 Å². The Morgan fingerprint density at radius 2 is 1.81 bits per heavy atom. The predicted octanol–water partition coefficient (Wildman–Crippen LogP) is 3.64. The van der Waals surface area contributed by atoms with Gasteiger partial charge in [-0.2, -0.15) is 5.26 Å². The normalized spacial score (nSPS) is 14.7. The quantitative estimate of drug-likeness (QED) is 0.580. The second-order valence-corrected chi connectivity index (χ2v) is 7.76. The van der Waals surface area contributed by atoms with Crippen LogP contribution in [0.25, 0.3) is 10.9 Å². The molecule has 2 heterocycles. The van der Waals surface area contributed by atoms with Crippen LogP contribution in [-0.2, 0) is 13.0 Å². The van der Waals surface area contributed by atoms with Gasteiger partial charge < -0.3 is 0 Å². The molecule has 0 amide bonds. The fourth-order valence-electron chi connectivity index (χ4n) is 3.47. The Balaban J connectivity index is 1.75. The fraction of sp³-hybridized carbons (Fsp3) is 0.261. The number of nitrogens with zero attached hydrogens (tertiary/aromatic N) is 3. The second-order valence-electron chi connectivity index (χ2n) is 7.76. The monoisotopic (exact) mass is 353 g/mol. The molecule has 4 heteroatoms. The SMILES string of the molecule is CC1(C)CCc2nc3cc(C#Cc4cccc(C#N)c4)ccc3c(=O)n2C1. The number of aromatic nitrogens is 2. The van der Waals surface area contributed by atoms with Crippen molar-refractivity contribution in [2.24, 2.45) is 5.41 Å². The van der Waals surface area contributed by atoms with Gasteiger partial charge in [0, 0.05) is 24.1 Å². The molecule has 0 fully saturated rings. The van der Waals surface area contributed by atoms with Crippen LogP contribution < -0.4 is 5.56 Å². The number of benzene rings is 2. The van der Waals surface area contributed by atoms with Gasteiger partial charge >= 0.3 is 0 Å². The van der Waals surface area contributed by atoms with E-state index in [0.717, 1.165) is 29.8 Å². The Morgan fingerprint density at radius 1 is 1.07 bits per heavy atom. The summed E-state index contributed by atoms with van der Waals surface area (Å²) in [5.74, 6) is 7.04. The molecule has 0 bridgehead atoms. The zero-order chi connectivity index (χ0) is 19.0. The van der Waals surface area contributed by atoms with Crippen LogP contribution in [0.15, 0.2) is 47.3 Å². The Bertz CT molecular complexity index is 1220. The van der Waals surface area contributed by atoms with Crippen molar-refractivity contribution in [1.29, 1.82) is 5.26 Å². The van der Waals surface area contributed by atoms with E-state index < -0.39 is 0 Å². The van der Waals surface area contributed by atoms with E-state index in [1.165, 1.54) is 0 Å². The third kappa shape index (κ3) is 3.35. The summed E-state index contributed by atoms with van der Waals surface area (Å²) in [6.07, 6.45) is 1.84. The zero-order valence-corrected chi connectivity index (χ0v) is 15.4. The van der Waals surface area contributed by atoms with Crippen LogP contribution in [0.5, 0.6) is 0 Å². The van der Waals surface area contributed by atoms with Crippen LogP contribution in [0, 0.1) is 28.6 Å². The molecule has 1 aromatic heterocycles. The molecule has 0 atom stereocenters. The van der Waals surface area contributed by atoms with Gasteiger partial charge in [0.05, 0.1) is 22.5 Å². The van der Waals surface area contributed by atoms with Crippen molar-refractivity contribution in [3.05, 3.63) is 75.3 Å². The highest BCUT2D eigenvalue weighted by molar-refractivity contribution is 5.79. The van der Waals surface area contributed by atoms with E-state index >= 15 is 0 Å². The van der Waals surface area contributed by atoms with Crippen LogP contribution in [-0.4, -0.2) is 9.55 Å². The molecule has 3 aromatic rings. The maximum absolute atomic E-state index is 12.9. The Kier molecular flexibility index (Phi) is 4.05. The molecule has 0 spiro atoms. The summed E-state index contributed by atoms with van der Waals surface area (Å²) in [6.45, 7) is 5.08. The van der Waals surface area contributed by atoms with E-state index in [9.17, 15) is 4.79 Å². The molecule has 0 radical (unpaired) electrons. The number of nitriles is 1. The topological polar surface area (TPSA) is 58.7 Å². The van der Waals surface area contributed by atoms with Gasteiger partial charge in [0.1, 0.15) is 5.82 Å². The Morgan fingerprint density at radius 3 is 2.59 bits per heavy atom. The highest BCUT2D eigenvalue weighted by Crippen LogP contribution is 2.29. The molecule has 4 rings (SSSR count). The highest BCUT2D eigenvalue weighted by Gasteiger charge is 2.27. The first-order valence-electron chi connectivity index (χ1n) is 9.01. The molecule has 2 aromatic carbocycles. The first-order valence-corrected chi connectivity index (χ1v) is 9.01. The van der Waals surface area contributed by atoms with Gasteiger partial charge in [0.25, 0.3) is 5.56 Å². The number of hydrogen-bond acceptors (Lipinski definition) is 3. The Labute approximate surface area is 158 Å². The molecule has 27 heavy (non-hydrogen) atoms. The van der Waals surface area contributed by atoms with Gasteiger partial charge in [-0.15, -0.1) is 0 Å². The van der Waals surface area contributed by atoms with E-state index in [1.807, 2.05) is 34.9 Å². The van der Waals surface area contributed by atoms with Crippen molar-refractivity contribution in [3.8, 4) is 17.9 Å². The van der Waals surface area contributed by atoms with E-state index in [-0.39, 0.29) is 11.0 Å². The van der Waals surface area contributed by atoms with Gasteiger partial charge in [0.15, 0.2) is 0 Å². The van der Waals surface area contributed by atoms with Gasteiger partial charge in [-0.25, -0.2) is 4.98 Å². The van der Waals surface area contributed by atoms with Crippen LogP contribution in [0.2, 0.25) is 0 Å². The van der Waals surface area contributed by atoms with Crippen molar-refractivity contribution < 1.29 is 0 Å². The molecule has 4 nitrogen and oxygen atoms in total. The average Bonchev–Trinajstić information content (AvgIpc) is 2.67. The highest BCUT2D eigenvalue weighted by atomic mass is 16.1. The van der Waals surface area contributed by atoms with Crippen LogP contribution in [0.3, 0.4) is 0 Å². The van der Waals surface area contributed by atoms with E-state index in [0.29, 0.717) is 23.0 Å². The maximum atomic E-state index is 12.9. The van der Waals surface area contributed by atoms with Crippen molar-refractivity contribution in [2.45, 2.75) is 33.2 Å². The van der Waals surface area contributed by atoms with Gasteiger partial charge in [-0.1, -0.05) is 31.8 Å². The third-order valence-corrected chi connectivity index (χ3v) is 4.99. The maximum Gasteiger partial charge on any atom is 0.261 e. The summed E-state index contributed by atoms with van der Waals surface area (Å²) < 4.78 is 1.82. The molecule has 132 valence electrons. The third-order valence-electron chi connectivity index (χ3n) is 4.99. The van der Waals surface area contributed by atoms with Crippen LogP contribution in [0.4, 0.5) is 0 Å². The summed E-state index contributed by atoms with van der Waals surface area (Å²) >= 11 is 0. The first kappa shape index (κ1) is 17.1. The standard InChI is InChI=1S/C23H19N3O/c1-23(2)11-10-21-25-20-13-17(8-9-19(20)22(27)26(21)15-23)7-6-16-4-3-5-18(12-16)14-24/h3-5,8-9,12-13H,10-11,15H2,1-2H3. The lowest BCUT2D eigenvalue weighted by atomic mass is 9.85. The van der Waals surface area contributed by atoms with Crippen LogP contribution in [0.1, 0.15) is 42.8 Å². The second kappa shape index (κ2) is 6.41. The first-order chi connectivity index (χ1) is 12.9.